The van der Waals surface area contributed by atoms with Crippen LogP contribution in [0.3, 0.4) is 0 Å². The second kappa shape index (κ2) is 13.6. The molecule has 0 bridgehead atoms. The van der Waals surface area contributed by atoms with Crippen molar-refractivity contribution in [3.05, 3.63) is 42.3 Å². The molecular weight excluding hydrogens is 443 g/mol. The summed E-state index contributed by atoms with van der Waals surface area (Å²) < 4.78 is 10.6. The van der Waals surface area contributed by atoms with Gasteiger partial charge in [0, 0.05) is 32.4 Å². The first kappa shape index (κ1) is 22.4. The second-order valence-electron chi connectivity index (χ2n) is 5.69. The SMILES string of the molecule is CCNC(=NCc1coc(-c2ccccc2)n1)NCCCCCOC.I. The molecule has 1 aromatic heterocycles. The first-order valence-electron chi connectivity index (χ1n) is 8.84. The molecular formula is C19H29IN4O2. The molecule has 0 saturated heterocycles. The van der Waals surface area contributed by atoms with Crippen molar-refractivity contribution < 1.29 is 9.15 Å². The monoisotopic (exact) mass is 472 g/mol. The Kier molecular flexibility index (Phi) is 11.7. The summed E-state index contributed by atoms with van der Waals surface area (Å²) in [5.41, 5.74) is 1.79. The van der Waals surface area contributed by atoms with Gasteiger partial charge >= 0.3 is 0 Å². The lowest BCUT2D eigenvalue weighted by atomic mass is 10.2. The van der Waals surface area contributed by atoms with Gasteiger partial charge in [-0.3, -0.25) is 0 Å². The Hall–Kier alpha value is -1.61. The summed E-state index contributed by atoms with van der Waals surface area (Å²) in [5, 5.41) is 6.60. The van der Waals surface area contributed by atoms with Gasteiger partial charge in [-0.2, -0.15) is 0 Å². The Labute approximate surface area is 172 Å². The maximum Gasteiger partial charge on any atom is 0.226 e. The molecule has 2 aromatic rings. The number of aromatic nitrogens is 1. The average molecular weight is 472 g/mol. The van der Waals surface area contributed by atoms with Crippen LogP contribution >= 0.6 is 24.0 Å². The van der Waals surface area contributed by atoms with E-state index in [1.807, 2.05) is 30.3 Å². The number of hydrogen-bond donors (Lipinski definition) is 2. The van der Waals surface area contributed by atoms with Crippen LogP contribution in [0.15, 0.2) is 46.0 Å². The van der Waals surface area contributed by atoms with E-state index in [2.05, 4.69) is 27.5 Å². The fourth-order valence-electron chi connectivity index (χ4n) is 2.35. The minimum absolute atomic E-state index is 0. The van der Waals surface area contributed by atoms with E-state index >= 15 is 0 Å². The minimum atomic E-state index is 0. The van der Waals surface area contributed by atoms with Gasteiger partial charge in [0.2, 0.25) is 5.89 Å². The van der Waals surface area contributed by atoms with Gasteiger partial charge in [0.15, 0.2) is 5.96 Å². The zero-order valence-corrected chi connectivity index (χ0v) is 17.9. The Morgan fingerprint density at radius 3 is 2.69 bits per heavy atom. The van der Waals surface area contributed by atoms with Gasteiger partial charge in [0.25, 0.3) is 0 Å². The number of ether oxygens (including phenoxy) is 1. The molecule has 0 unspecified atom stereocenters. The van der Waals surface area contributed by atoms with Crippen LogP contribution in [0.2, 0.25) is 0 Å². The quantitative estimate of drug-likeness (QED) is 0.238. The molecule has 7 heteroatoms. The lowest BCUT2D eigenvalue weighted by Gasteiger charge is -2.10. The maximum atomic E-state index is 5.55. The van der Waals surface area contributed by atoms with Gasteiger partial charge in [-0.05, 0) is 38.3 Å². The lowest BCUT2D eigenvalue weighted by molar-refractivity contribution is 0.192. The van der Waals surface area contributed by atoms with Gasteiger partial charge in [0.05, 0.1) is 6.54 Å². The predicted molar refractivity (Wildman–Crippen MR) is 116 cm³/mol. The van der Waals surface area contributed by atoms with Gasteiger partial charge in [-0.15, -0.1) is 24.0 Å². The highest BCUT2D eigenvalue weighted by atomic mass is 127. The number of benzene rings is 1. The van der Waals surface area contributed by atoms with E-state index in [0.29, 0.717) is 12.4 Å². The zero-order valence-electron chi connectivity index (χ0n) is 15.5. The number of hydrogen-bond acceptors (Lipinski definition) is 4. The number of rotatable bonds is 10. The topological polar surface area (TPSA) is 71.7 Å². The number of oxazole rings is 1. The number of nitrogens with zero attached hydrogens (tertiary/aromatic N) is 2. The maximum absolute atomic E-state index is 5.55. The average Bonchev–Trinajstić information content (AvgIpc) is 3.12. The summed E-state index contributed by atoms with van der Waals surface area (Å²) >= 11 is 0. The summed E-state index contributed by atoms with van der Waals surface area (Å²) in [5.74, 6) is 1.43. The van der Waals surface area contributed by atoms with Crippen LogP contribution in [0.1, 0.15) is 31.9 Å². The molecule has 1 aromatic carbocycles. The van der Waals surface area contributed by atoms with Gasteiger partial charge in [-0.1, -0.05) is 18.2 Å². The number of aliphatic imine (C=N–C) groups is 1. The third-order valence-electron chi connectivity index (χ3n) is 3.63. The van der Waals surface area contributed by atoms with Gasteiger partial charge < -0.3 is 19.8 Å². The van der Waals surface area contributed by atoms with Crippen LogP contribution in [0.25, 0.3) is 11.5 Å². The van der Waals surface area contributed by atoms with Gasteiger partial charge in [-0.25, -0.2) is 9.98 Å². The molecule has 0 aliphatic rings. The van der Waals surface area contributed by atoms with Crippen molar-refractivity contribution in [3.63, 3.8) is 0 Å². The van der Waals surface area contributed by atoms with E-state index in [1.54, 1.807) is 13.4 Å². The number of nitrogens with one attached hydrogen (secondary N) is 2. The standard InChI is InChI=1S/C19H28N4O2.HI/c1-3-20-19(21-12-8-5-9-13-24-2)22-14-17-15-25-18(23-17)16-10-6-4-7-11-16;/h4,6-7,10-11,15H,3,5,8-9,12-14H2,1-2H3,(H2,20,21,22);1H. The van der Waals surface area contributed by atoms with E-state index in [0.717, 1.165) is 56.2 Å². The van der Waals surface area contributed by atoms with Crippen LogP contribution in [-0.4, -0.2) is 37.7 Å². The highest BCUT2D eigenvalue weighted by Crippen LogP contribution is 2.18. The molecule has 2 N–H and O–H groups in total. The van der Waals surface area contributed by atoms with E-state index < -0.39 is 0 Å². The largest absolute Gasteiger partial charge is 0.444 e. The van der Waals surface area contributed by atoms with Crippen LogP contribution in [0.5, 0.6) is 0 Å². The predicted octanol–water partition coefficient (Wildman–Crippen LogP) is 3.83. The molecule has 0 aliphatic carbocycles. The van der Waals surface area contributed by atoms with Crippen molar-refractivity contribution in [2.45, 2.75) is 32.7 Å². The first-order valence-corrected chi connectivity index (χ1v) is 8.84. The molecule has 1 heterocycles. The molecule has 144 valence electrons. The molecule has 6 nitrogen and oxygen atoms in total. The minimum Gasteiger partial charge on any atom is -0.444 e. The third kappa shape index (κ3) is 8.18. The Bertz CT molecular complexity index is 631. The molecule has 0 aliphatic heterocycles. The van der Waals surface area contributed by atoms with Crippen LogP contribution in [0, 0.1) is 0 Å². The summed E-state index contributed by atoms with van der Waals surface area (Å²) in [4.78, 5) is 9.07. The van der Waals surface area contributed by atoms with E-state index in [9.17, 15) is 0 Å². The van der Waals surface area contributed by atoms with Crippen LogP contribution in [0.4, 0.5) is 0 Å². The van der Waals surface area contributed by atoms with Crippen molar-refractivity contribution in [2.75, 3.05) is 26.8 Å². The van der Waals surface area contributed by atoms with E-state index in [4.69, 9.17) is 9.15 Å². The molecule has 0 radical (unpaired) electrons. The highest BCUT2D eigenvalue weighted by molar-refractivity contribution is 14.0. The number of guanidine groups is 1. The first-order chi connectivity index (χ1) is 12.3. The fraction of sp³-hybridized carbons (Fsp3) is 0.474. The molecule has 26 heavy (non-hydrogen) atoms. The number of unbranched alkanes of at least 4 members (excludes halogenated alkanes) is 2. The summed E-state index contributed by atoms with van der Waals surface area (Å²) in [6, 6.07) is 9.87. The highest BCUT2D eigenvalue weighted by Gasteiger charge is 2.06. The zero-order chi connectivity index (χ0) is 17.7. The molecule has 0 saturated carbocycles. The third-order valence-corrected chi connectivity index (χ3v) is 3.63. The van der Waals surface area contributed by atoms with Crippen LogP contribution < -0.4 is 10.6 Å². The molecule has 2 rings (SSSR count). The normalized spacial score (nSPS) is 11.1. The summed E-state index contributed by atoms with van der Waals surface area (Å²) in [6.45, 7) is 5.08. The van der Waals surface area contributed by atoms with Crippen molar-refractivity contribution >= 4 is 29.9 Å². The molecule has 0 amide bonds. The smallest absolute Gasteiger partial charge is 0.226 e. The van der Waals surface area contributed by atoms with Crippen molar-refractivity contribution in [1.29, 1.82) is 0 Å². The Balaban J connectivity index is 0.00000338. The Morgan fingerprint density at radius 1 is 1.15 bits per heavy atom. The molecule has 0 spiro atoms. The van der Waals surface area contributed by atoms with E-state index in [1.165, 1.54) is 0 Å². The lowest BCUT2D eigenvalue weighted by Crippen LogP contribution is -2.37. The van der Waals surface area contributed by atoms with Crippen LogP contribution in [-0.2, 0) is 11.3 Å². The van der Waals surface area contributed by atoms with E-state index in [-0.39, 0.29) is 24.0 Å². The van der Waals surface area contributed by atoms with Crippen molar-refractivity contribution in [1.82, 2.24) is 15.6 Å². The van der Waals surface area contributed by atoms with Crippen molar-refractivity contribution in [3.8, 4) is 11.5 Å². The number of halogens is 1. The number of methoxy groups -OCH3 is 1. The Morgan fingerprint density at radius 2 is 1.96 bits per heavy atom. The summed E-state index contributed by atoms with van der Waals surface area (Å²) in [6.07, 6.45) is 4.99. The molecule has 0 fully saturated rings. The van der Waals surface area contributed by atoms with Gasteiger partial charge in [0.1, 0.15) is 12.0 Å². The molecule has 0 atom stereocenters. The fourth-order valence-corrected chi connectivity index (χ4v) is 2.35. The second-order valence-corrected chi connectivity index (χ2v) is 5.69. The van der Waals surface area contributed by atoms with Crippen molar-refractivity contribution in [2.24, 2.45) is 4.99 Å². The summed E-state index contributed by atoms with van der Waals surface area (Å²) in [7, 11) is 1.74.